The number of hydrogen-bond acceptors (Lipinski definition) is 8. The van der Waals surface area contributed by atoms with E-state index in [-0.39, 0.29) is 13.0 Å². The molecule has 0 aliphatic heterocycles. The van der Waals surface area contributed by atoms with E-state index in [4.69, 9.17) is 44.1 Å². The van der Waals surface area contributed by atoms with Crippen molar-refractivity contribution in [1.82, 2.24) is 5.32 Å². The highest BCUT2D eigenvalue weighted by Gasteiger charge is 2.28. The van der Waals surface area contributed by atoms with Gasteiger partial charge in [0.05, 0.1) is 19.8 Å². The number of methoxy groups -OCH3 is 1. The summed E-state index contributed by atoms with van der Waals surface area (Å²) in [6, 6.07) is 11.6. The van der Waals surface area contributed by atoms with Gasteiger partial charge in [0.15, 0.2) is 0 Å². The molecule has 0 saturated carbocycles. The zero-order valence-corrected chi connectivity index (χ0v) is 23.2. The molecule has 11 heteroatoms. The summed E-state index contributed by atoms with van der Waals surface area (Å²) >= 11 is 11.9. The molecule has 0 aliphatic carbocycles. The Labute approximate surface area is 233 Å². The molecule has 0 saturated heterocycles. The molecule has 0 radical (unpaired) electrons. The van der Waals surface area contributed by atoms with Crippen LogP contribution in [0.25, 0.3) is 0 Å². The fourth-order valence-corrected chi connectivity index (χ4v) is 4.39. The quantitative estimate of drug-likeness (QED) is 0.220. The van der Waals surface area contributed by atoms with Crippen molar-refractivity contribution >= 4 is 46.7 Å². The molecule has 5 N–H and O–H groups in total. The number of nitrogens with one attached hydrogen (secondary N) is 1. The van der Waals surface area contributed by atoms with Crippen LogP contribution in [-0.4, -0.2) is 68.5 Å². The van der Waals surface area contributed by atoms with Crippen LogP contribution in [0.2, 0.25) is 0 Å². The maximum atomic E-state index is 12.9. The summed E-state index contributed by atoms with van der Waals surface area (Å²) in [4.78, 5) is 40.1. The van der Waals surface area contributed by atoms with E-state index in [9.17, 15) is 14.4 Å². The van der Waals surface area contributed by atoms with Crippen molar-refractivity contribution in [2.45, 2.75) is 37.9 Å². The van der Waals surface area contributed by atoms with E-state index in [0.717, 1.165) is 11.3 Å². The second-order valence-corrected chi connectivity index (χ2v) is 9.32. The molecule has 2 aromatic carbocycles. The predicted octanol–water partition coefficient (Wildman–Crippen LogP) is 2.30. The average molecular weight is 568 g/mol. The number of anilines is 1. The van der Waals surface area contributed by atoms with E-state index < -0.39 is 36.0 Å². The van der Waals surface area contributed by atoms with Gasteiger partial charge in [-0.25, -0.2) is 9.59 Å². The third kappa shape index (κ3) is 9.16. The molecule has 9 nitrogen and oxygen atoms in total. The molecule has 0 fully saturated rings. The van der Waals surface area contributed by atoms with Gasteiger partial charge in [0.2, 0.25) is 5.91 Å². The van der Waals surface area contributed by atoms with Crippen LogP contribution in [0.5, 0.6) is 0 Å². The highest BCUT2D eigenvalue weighted by Crippen LogP contribution is 2.26. The number of rotatable bonds is 15. The first-order chi connectivity index (χ1) is 18.2. The Kier molecular flexibility index (Phi) is 13.4. The molecule has 0 heterocycles. The monoisotopic (exact) mass is 566 g/mol. The molecule has 2 rings (SSSR count). The van der Waals surface area contributed by atoms with Crippen molar-refractivity contribution in [2.24, 2.45) is 11.5 Å². The van der Waals surface area contributed by atoms with E-state index in [0.29, 0.717) is 42.4 Å². The summed E-state index contributed by atoms with van der Waals surface area (Å²) in [6.45, 7) is 2.90. The highest BCUT2D eigenvalue weighted by molar-refractivity contribution is 6.18. The zero-order valence-electron chi connectivity index (χ0n) is 21.7. The number of carbonyl (C=O) groups excluding carboxylic acids is 3. The highest BCUT2D eigenvalue weighted by atomic mass is 35.5. The topological polar surface area (TPSA) is 137 Å². The van der Waals surface area contributed by atoms with Crippen molar-refractivity contribution in [3.8, 4) is 0 Å². The normalized spacial score (nSPS) is 13.2. The minimum absolute atomic E-state index is 0.0181. The second-order valence-electron chi connectivity index (χ2n) is 8.56. The Hall–Kier alpha value is -2.85. The molecule has 0 spiro atoms. The summed E-state index contributed by atoms with van der Waals surface area (Å²) in [5.41, 5.74) is 15.1. The molecular formula is C27H36Cl2N4O5. The largest absolute Gasteiger partial charge is 0.467 e. The number of halogens is 2. The fraction of sp³-hybridized carbons (Fsp3) is 0.444. The standard InChI is InChI=1S/C27H36Cl2N4O5/c1-3-38-27(36)24(31)21-17-20(33(13-11-28)14-12-29)10-9-19(21)16-23(26(35)37-2)32-25(34)22(30)15-18-7-5-4-6-8-18/h4-10,17,22-24H,3,11-16,30-31H2,1-2H3,(H,32,34)/t22-,23-,24?/m0/s1. The van der Waals surface area contributed by atoms with Gasteiger partial charge < -0.3 is 31.2 Å². The molecule has 1 amide bonds. The van der Waals surface area contributed by atoms with Crippen molar-refractivity contribution in [1.29, 1.82) is 0 Å². The van der Waals surface area contributed by atoms with Gasteiger partial charge in [-0.05, 0) is 42.2 Å². The number of esters is 2. The molecule has 38 heavy (non-hydrogen) atoms. The summed E-state index contributed by atoms with van der Waals surface area (Å²) in [6.07, 6.45) is 0.315. The molecule has 208 valence electrons. The molecular weight excluding hydrogens is 531 g/mol. The van der Waals surface area contributed by atoms with Crippen LogP contribution < -0.4 is 21.7 Å². The van der Waals surface area contributed by atoms with Gasteiger partial charge in [-0.15, -0.1) is 23.2 Å². The van der Waals surface area contributed by atoms with Crippen LogP contribution >= 0.6 is 23.2 Å². The van der Waals surface area contributed by atoms with E-state index in [1.54, 1.807) is 19.1 Å². The third-order valence-corrected chi connectivity index (χ3v) is 6.28. The van der Waals surface area contributed by atoms with Crippen LogP contribution in [-0.2, 0) is 36.7 Å². The third-order valence-electron chi connectivity index (χ3n) is 5.94. The average Bonchev–Trinajstić information content (AvgIpc) is 2.92. The van der Waals surface area contributed by atoms with Gasteiger partial charge in [-0.2, -0.15) is 0 Å². The van der Waals surface area contributed by atoms with E-state index in [2.05, 4.69) is 5.32 Å². The number of hydrogen-bond donors (Lipinski definition) is 3. The smallest absolute Gasteiger partial charge is 0.328 e. The minimum Gasteiger partial charge on any atom is -0.467 e. The van der Waals surface area contributed by atoms with Crippen molar-refractivity contribution < 1.29 is 23.9 Å². The van der Waals surface area contributed by atoms with Crippen LogP contribution in [0.15, 0.2) is 48.5 Å². The van der Waals surface area contributed by atoms with E-state index in [1.807, 2.05) is 41.3 Å². The van der Waals surface area contributed by atoms with Crippen LogP contribution in [0, 0.1) is 0 Å². The first-order valence-electron chi connectivity index (χ1n) is 12.3. The molecule has 3 atom stereocenters. The summed E-state index contributed by atoms with van der Waals surface area (Å²) in [5, 5.41) is 2.69. The van der Waals surface area contributed by atoms with Gasteiger partial charge in [0.25, 0.3) is 0 Å². The second kappa shape index (κ2) is 16.2. The number of nitrogens with two attached hydrogens (primary N) is 2. The minimum atomic E-state index is -1.12. The zero-order chi connectivity index (χ0) is 28.1. The van der Waals surface area contributed by atoms with Crippen molar-refractivity contribution in [2.75, 3.05) is 43.5 Å². The molecule has 0 aliphatic rings. The van der Waals surface area contributed by atoms with Gasteiger partial charge in [0, 0.05) is 37.0 Å². The summed E-state index contributed by atoms with van der Waals surface area (Å²) < 4.78 is 10.1. The Balaban J connectivity index is 2.36. The Morgan fingerprint density at radius 3 is 2.21 bits per heavy atom. The van der Waals surface area contributed by atoms with Crippen LogP contribution in [0.3, 0.4) is 0 Å². The first-order valence-corrected chi connectivity index (χ1v) is 13.4. The number of ether oxygens (including phenoxy) is 2. The number of carbonyl (C=O) groups is 3. The maximum absolute atomic E-state index is 12.9. The molecule has 0 bridgehead atoms. The lowest BCUT2D eigenvalue weighted by Crippen LogP contribution is -2.50. The molecule has 2 aromatic rings. The lowest BCUT2D eigenvalue weighted by molar-refractivity contribution is -0.145. The fourth-order valence-electron chi connectivity index (χ4n) is 3.98. The SMILES string of the molecule is CCOC(=O)C(N)c1cc(N(CCCl)CCCl)ccc1C[C@H](NC(=O)[C@@H](N)Cc1ccccc1)C(=O)OC. The van der Waals surface area contributed by atoms with Crippen molar-refractivity contribution in [3.05, 3.63) is 65.2 Å². The summed E-state index contributed by atoms with van der Waals surface area (Å²) in [5.74, 6) is -1.03. The number of alkyl halides is 2. The van der Waals surface area contributed by atoms with Gasteiger partial charge in [-0.3, -0.25) is 4.79 Å². The van der Waals surface area contributed by atoms with Crippen LogP contribution in [0.4, 0.5) is 5.69 Å². The summed E-state index contributed by atoms with van der Waals surface area (Å²) in [7, 11) is 1.23. The van der Waals surface area contributed by atoms with Crippen molar-refractivity contribution in [3.63, 3.8) is 0 Å². The first kappa shape index (κ1) is 31.4. The lowest BCUT2D eigenvalue weighted by atomic mass is 9.94. The Bertz CT molecular complexity index is 1050. The van der Waals surface area contributed by atoms with Crippen LogP contribution in [0.1, 0.15) is 29.7 Å². The van der Waals surface area contributed by atoms with Gasteiger partial charge >= 0.3 is 11.9 Å². The lowest BCUT2D eigenvalue weighted by Gasteiger charge is -2.26. The number of nitrogens with zero attached hydrogens (tertiary/aromatic N) is 1. The molecule has 0 aromatic heterocycles. The number of benzene rings is 2. The number of amides is 1. The van der Waals surface area contributed by atoms with Gasteiger partial charge in [-0.1, -0.05) is 36.4 Å². The molecule has 1 unspecified atom stereocenters. The maximum Gasteiger partial charge on any atom is 0.328 e. The van der Waals surface area contributed by atoms with Gasteiger partial charge in [0.1, 0.15) is 12.1 Å². The Morgan fingerprint density at radius 1 is 0.974 bits per heavy atom. The van der Waals surface area contributed by atoms with E-state index >= 15 is 0 Å². The predicted molar refractivity (Wildman–Crippen MR) is 149 cm³/mol. The van der Waals surface area contributed by atoms with E-state index in [1.165, 1.54) is 7.11 Å². The Morgan fingerprint density at radius 2 is 1.63 bits per heavy atom.